The van der Waals surface area contributed by atoms with E-state index in [1.807, 2.05) is 19.9 Å². The van der Waals surface area contributed by atoms with Crippen molar-refractivity contribution in [1.29, 1.82) is 0 Å². The van der Waals surface area contributed by atoms with Gasteiger partial charge in [-0.3, -0.25) is 24.0 Å². The average molecular weight is 689 g/mol. The molecule has 0 saturated carbocycles. The first-order valence-electron chi connectivity index (χ1n) is 16.5. The van der Waals surface area contributed by atoms with Crippen LogP contribution in [0, 0.1) is 19.8 Å². The van der Waals surface area contributed by atoms with Gasteiger partial charge in [0.25, 0.3) is 0 Å². The van der Waals surface area contributed by atoms with E-state index in [9.17, 15) is 34.2 Å². The molecule has 0 bridgehead atoms. The molecule has 0 aliphatic rings. The zero-order chi connectivity index (χ0) is 37.0. The fraction of sp³-hybridized carbons (Fsp3) is 0.378. The van der Waals surface area contributed by atoms with Gasteiger partial charge in [0, 0.05) is 19.3 Å². The van der Waals surface area contributed by atoms with Gasteiger partial charge in [-0.2, -0.15) is 0 Å². The van der Waals surface area contributed by atoms with Crippen LogP contribution in [-0.4, -0.2) is 70.5 Å². The number of nitrogens with two attached hydrogens (primary N) is 2. The third-order valence-corrected chi connectivity index (χ3v) is 8.12. The van der Waals surface area contributed by atoms with E-state index in [-0.39, 0.29) is 49.6 Å². The number of carbonyl (C=O) groups is 5. The highest BCUT2D eigenvalue weighted by molar-refractivity contribution is 5.95. The van der Waals surface area contributed by atoms with Gasteiger partial charge < -0.3 is 42.9 Å². The summed E-state index contributed by atoms with van der Waals surface area (Å²) in [6.45, 7) is 6.85. The van der Waals surface area contributed by atoms with Crippen molar-refractivity contribution in [3.05, 3.63) is 94.5 Å². The van der Waals surface area contributed by atoms with E-state index < -0.39 is 53.7 Å². The first kappa shape index (κ1) is 39.0. The number of amides is 5. The van der Waals surface area contributed by atoms with Crippen molar-refractivity contribution in [2.24, 2.45) is 17.4 Å². The molecule has 4 atom stereocenters. The first-order chi connectivity index (χ1) is 23.7. The minimum Gasteiger partial charge on any atom is -0.508 e. The van der Waals surface area contributed by atoms with E-state index in [2.05, 4.69) is 21.3 Å². The molecule has 4 unspecified atom stereocenters. The molecule has 0 aliphatic carbocycles. The predicted octanol–water partition coefficient (Wildman–Crippen LogP) is 1.17. The van der Waals surface area contributed by atoms with Crippen molar-refractivity contribution < 1.29 is 34.2 Å². The summed E-state index contributed by atoms with van der Waals surface area (Å²) in [5, 5.41) is 30.9. The summed E-state index contributed by atoms with van der Waals surface area (Å²) in [5.74, 6) is -3.22. The van der Waals surface area contributed by atoms with Crippen molar-refractivity contribution in [2.45, 2.75) is 77.5 Å². The Balaban J connectivity index is 1.96. The highest BCUT2D eigenvalue weighted by Gasteiger charge is 2.32. The third kappa shape index (κ3) is 11.9. The number of benzene rings is 3. The lowest BCUT2D eigenvalue weighted by Gasteiger charge is -2.27. The van der Waals surface area contributed by atoms with Crippen molar-refractivity contribution in [3.63, 3.8) is 0 Å². The molecule has 0 radical (unpaired) electrons. The SMILES string of the molecule is Cc1cc(CC(NC(=O)C(CC(C)C)NC(=O)CN)C(=O)NC(Cc2ccc(O)cc2)C(=O)NC(Cc2ccccc2)C(N)=O)cc(C)c1O. The summed E-state index contributed by atoms with van der Waals surface area (Å²) in [6, 6.07) is 13.9. The molecule has 13 heteroatoms. The number of aromatic hydroxyl groups is 2. The van der Waals surface area contributed by atoms with Crippen LogP contribution in [0.2, 0.25) is 0 Å². The molecular weight excluding hydrogens is 640 g/mol. The Bertz CT molecular complexity index is 1620. The molecule has 0 aromatic heterocycles. The molecule has 5 amide bonds. The van der Waals surface area contributed by atoms with Gasteiger partial charge in [-0.25, -0.2) is 0 Å². The van der Waals surface area contributed by atoms with Crippen LogP contribution in [-0.2, 0) is 43.2 Å². The summed E-state index contributed by atoms with van der Waals surface area (Å²) in [4.78, 5) is 66.1. The second-order valence-corrected chi connectivity index (χ2v) is 12.9. The van der Waals surface area contributed by atoms with Crippen LogP contribution >= 0.6 is 0 Å². The summed E-state index contributed by atoms with van der Waals surface area (Å²) in [7, 11) is 0. The zero-order valence-corrected chi connectivity index (χ0v) is 28.9. The summed E-state index contributed by atoms with van der Waals surface area (Å²) in [6.07, 6.45) is 0.330. The van der Waals surface area contributed by atoms with Gasteiger partial charge in [0.15, 0.2) is 0 Å². The molecule has 268 valence electrons. The quantitative estimate of drug-likeness (QED) is 0.102. The van der Waals surface area contributed by atoms with Gasteiger partial charge in [0.2, 0.25) is 29.5 Å². The van der Waals surface area contributed by atoms with Crippen molar-refractivity contribution in [1.82, 2.24) is 21.3 Å². The number of nitrogens with one attached hydrogen (secondary N) is 4. The molecular formula is C37H48N6O7. The smallest absolute Gasteiger partial charge is 0.243 e. The maximum Gasteiger partial charge on any atom is 0.243 e. The number of hydrogen-bond acceptors (Lipinski definition) is 8. The Labute approximate surface area is 292 Å². The normalized spacial score (nSPS) is 13.4. The topological polar surface area (TPSA) is 226 Å². The summed E-state index contributed by atoms with van der Waals surface area (Å²) >= 11 is 0. The number of phenolic OH excluding ortho intramolecular Hbond substituents is 2. The van der Waals surface area contributed by atoms with E-state index in [1.54, 1.807) is 62.4 Å². The van der Waals surface area contributed by atoms with Crippen molar-refractivity contribution in [3.8, 4) is 11.5 Å². The molecule has 0 spiro atoms. The van der Waals surface area contributed by atoms with Crippen LogP contribution in [0.3, 0.4) is 0 Å². The molecule has 3 rings (SSSR count). The van der Waals surface area contributed by atoms with Crippen molar-refractivity contribution in [2.75, 3.05) is 6.54 Å². The molecule has 0 heterocycles. The standard InChI is InChI=1S/C37H48N6O7/c1-21(2)14-29(40-32(45)20-38)35(48)43-31(19-26-15-22(3)33(46)23(4)16-26)37(50)42-30(18-25-10-12-27(44)13-11-25)36(49)41-28(34(39)47)17-24-8-6-5-7-9-24/h5-13,15-16,21,28-31,44,46H,14,17-20,38H2,1-4H3,(H2,39,47)(H,40,45)(H,41,49)(H,42,50)(H,43,48). The molecule has 3 aromatic rings. The predicted molar refractivity (Wildman–Crippen MR) is 189 cm³/mol. The van der Waals surface area contributed by atoms with E-state index >= 15 is 0 Å². The fourth-order valence-electron chi connectivity index (χ4n) is 5.53. The summed E-state index contributed by atoms with van der Waals surface area (Å²) < 4.78 is 0. The van der Waals surface area contributed by atoms with Gasteiger partial charge in [0.05, 0.1) is 6.54 Å². The van der Waals surface area contributed by atoms with Crippen LogP contribution in [0.1, 0.15) is 48.1 Å². The largest absolute Gasteiger partial charge is 0.508 e. The number of rotatable bonds is 17. The van der Waals surface area contributed by atoms with Gasteiger partial charge in [-0.1, -0.05) is 68.4 Å². The van der Waals surface area contributed by atoms with E-state index in [0.29, 0.717) is 22.3 Å². The minimum absolute atomic E-state index is 0.00553. The second-order valence-electron chi connectivity index (χ2n) is 12.9. The van der Waals surface area contributed by atoms with Gasteiger partial charge >= 0.3 is 0 Å². The maximum atomic E-state index is 14.1. The molecule has 0 saturated heterocycles. The zero-order valence-electron chi connectivity index (χ0n) is 28.9. The number of primary amides is 1. The number of phenols is 2. The van der Waals surface area contributed by atoms with Gasteiger partial charge in [-0.15, -0.1) is 0 Å². The van der Waals surface area contributed by atoms with E-state index in [4.69, 9.17) is 11.5 Å². The van der Waals surface area contributed by atoms with E-state index in [0.717, 1.165) is 5.56 Å². The highest BCUT2D eigenvalue weighted by atomic mass is 16.3. The fourth-order valence-corrected chi connectivity index (χ4v) is 5.53. The number of hydrogen-bond donors (Lipinski definition) is 8. The monoisotopic (exact) mass is 688 g/mol. The van der Waals surface area contributed by atoms with Crippen LogP contribution < -0.4 is 32.7 Å². The molecule has 0 aliphatic heterocycles. The third-order valence-electron chi connectivity index (χ3n) is 8.12. The molecule has 3 aromatic carbocycles. The summed E-state index contributed by atoms with van der Waals surface area (Å²) in [5.41, 5.74) is 14.3. The van der Waals surface area contributed by atoms with Crippen LogP contribution in [0.25, 0.3) is 0 Å². The number of carbonyl (C=O) groups excluding carboxylic acids is 5. The first-order valence-corrected chi connectivity index (χ1v) is 16.5. The number of aryl methyl sites for hydroxylation is 2. The molecule has 13 nitrogen and oxygen atoms in total. The second kappa shape index (κ2) is 18.4. The van der Waals surface area contributed by atoms with E-state index in [1.165, 1.54) is 12.1 Å². The van der Waals surface area contributed by atoms with Crippen LogP contribution in [0.4, 0.5) is 0 Å². The highest BCUT2D eigenvalue weighted by Crippen LogP contribution is 2.24. The maximum absolute atomic E-state index is 14.1. The Kier molecular flexibility index (Phi) is 14.3. The van der Waals surface area contributed by atoms with Crippen LogP contribution in [0.5, 0.6) is 11.5 Å². The average Bonchev–Trinajstić information content (AvgIpc) is 3.06. The lowest BCUT2D eigenvalue weighted by Crippen LogP contribution is -2.59. The van der Waals surface area contributed by atoms with Crippen LogP contribution in [0.15, 0.2) is 66.7 Å². The lowest BCUT2D eigenvalue weighted by atomic mass is 9.97. The molecule has 0 fully saturated rings. The minimum atomic E-state index is -1.24. The Hall–Kier alpha value is -5.43. The van der Waals surface area contributed by atoms with Gasteiger partial charge in [0.1, 0.15) is 35.7 Å². The Morgan fingerprint density at radius 2 is 1.10 bits per heavy atom. The van der Waals surface area contributed by atoms with Gasteiger partial charge in [-0.05, 0) is 66.1 Å². The lowest BCUT2D eigenvalue weighted by molar-refractivity contribution is -0.134. The Morgan fingerprint density at radius 1 is 0.640 bits per heavy atom. The van der Waals surface area contributed by atoms with Crippen molar-refractivity contribution >= 4 is 29.5 Å². The Morgan fingerprint density at radius 3 is 1.60 bits per heavy atom. The molecule has 50 heavy (non-hydrogen) atoms. The molecule has 10 N–H and O–H groups in total.